The highest BCUT2D eigenvalue weighted by Gasteiger charge is 2.11. The van der Waals surface area contributed by atoms with Gasteiger partial charge < -0.3 is 10.8 Å². The molecule has 0 aromatic heterocycles. The van der Waals surface area contributed by atoms with Gasteiger partial charge in [0.2, 0.25) is 0 Å². The van der Waals surface area contributed by atoms with Crippen LogP contribution in [-0.4, -0.2) is 21.7 Å². The molecule has 0 saturated carbocycles. The molecule has 96 valence electrons. The third kappa shape index (κ3) is 4.66. The molecule has 0 aliphatic carbocycles. The summed E-state index contributed by atoms with van der Waals surface area (Å²) in [5, 5.41) is 9.10. The van der Waals surface area contributed by atoms with Gasteiger partial charge in [-0.05, 0) is 25.0 Å². The van der Waals surface area contributed by atoms with Crippen LogP contribution in [0.5, 0.6) is 0 Å². The summed E-state index contributed by atoms with van der Waals surface area (Å²) in [7, 11) is -1.13. The molecule has 1 aromatic carbocycles. The number of benzene rings is 1. The quantitative estimate of drug-likeness (QED) is 0.594. The van der Waals surface area contributed by atoms with E-state index in [4.69, 9.17) is 22.4 Å². The summed E-state index contributed by atoms with van der Waals surface area (Å²) < 4.78 is 12.0. The van der Waals surface area contributed by atoms with E-state index >= 15 is 0 Å². The van der Waals surface area contributed by atoms with E-state index < -0.39 is 10.8 Å². The predicted molar refractivity (Wildman–Crippen MR) is 72.7 cm³/mol. The second-order valence-electron chi connectivity index (χ2n) is 3.85. The second-order valence-corrected chi connectivity index (χ2v) is 5.76. The molecular weight excluding hydrogens is 258 g/mol. The van der Waals surface area contributed by atoms with Gasteiger partial charge >= 0.3 is 0 Å². The van der Waals surface area contributed by atoms with Gasteiger partial charge in [0.15, 0.2) is 0 Å². The van der Waals surface area contributed by atoms with E-state index in [9.17, 15) is 4.21 Å². The molecular formula is C12H18ClNO2S. The minimum absolute atomic E-state index is 0.223. The van der Waals surface area contributed by atoms with E-state index in [0.29, 0.717) is 21.4 Å². The summed E-state index contributed by atoms with van der Waals surface area (Å²) in [4.78, 5) is 0.552. The van der Waals surface area contributed by atoms with Crippen LogP contribution in [0, 0.1) is 0 Å². The number of unbranched alkanes of at least 4 members (excludes halogenated alkanes) is 3. The van der Waals surface area contributed by atoms with Gasteiger partial charge in [0, 0.05) is 18.0 Å². The number of hydrogen-bond donors (Lipinski definition) is 2. The van der Waals surface area contributed by atoms with Crippen LogP contribution in [-0.2, 0) is 10.8 Å². The molecule has 1 unspecified atom stereocenters. The highest BCUT2D eigenvalue weighted by Crippen LogP contribution is 2.26. The molecule has 0 bridgehead atoms. The van der Waals surface area contributed by atoms with E-state index in [1.807, 2.05) is 0 Å². The highest BCUT2D eigenvalue weighted by atomic mass is 35.5. The van der Waals surface area contributed by atoms with Crippen LogP contribution in [0.25, 0.3) is 0 Å². The molecule has 5 heteroatoms. The number of nitrogens with two attached hydrogens (primary N) is 1. The first-order valence-electron chi connectivity index (χ1n) is 5.70. The normalized spacial score (nSPS) is 12.6. The maximum absolute atomic E-state index is 12.0. The summed E-state index contributed by atoms with van der Waals surface area (Å²) in [6.45, 7) is 0.223. The lowest BCUT2D eigenvalue weighted by molar-refractivity contribution is 0.283. The number of nitrogen functional groups attached to an aromatic ring is 1. The van der Waals surface area contributed by atoms with Crippen LogP contribution in [0.4, 0.5) is 5.69 Å². The minimum Gasteiger partial charge on any atom is -0.398 e. The van der Waals surface area contributed by atoms with Gasteiger partial charge in [-0.2, -0.15) is 0 Å². The summed E-state index contributed by atoms with van der Waals surface area (Å²) in [6, 6.07) is 5.17. The van der Waals surface area contributed by atoms with Crippen molar-refractivity contribution in [3.63, 3.8) is 0 Å². The van der Waals surface area contributed by atoms with Gasteiger partial charge in [-0.3, -0.25) is 4.21 Å². The van der Waals surface area contributed by atoms with Crippen molar-refractivity contribution in [2.75, 3.05) is 18.1 Å². The standard InChI is InChI=1S/C12H18ClNO2S/c13-10-6-5-7-11(14)12(10)17(16)9-4-2-1-3-8-15/h5-7,15H,1-4,8-9,14H2. The van der Waals surface area contributed by atoms with Crippen molar-refractivity contribution in [1.82, 2.24) is 0 Å². The Balaban J connectivity index is 2.47. The van der Waals surface area contributed by atoms with Gasteiger partial charge in [0.25, 0.3) is 0 Å². The lowest BCUT2D eigenvalue weighted by Crippen LogP contribution is -2.03. The van der Waals surface area contributed by atoms with E-state index in [-0.39, 0.29) is 6.61 Å². The Kier molecular flexibility index (Phi) is 6.55. The monoisotopic (exact) mass is 275 g/mol. The summed E-state index contributed by atoms with van der Waals surface area (Å²) in [5.41, 5.74) is 6.26. The smallest absolute Gasteiger partial charge is 0.0803 e. The van der Waals surface area contributed by atoms with E-state index in [1.165, 1.54) is 0 Å². The molecule has 0 spiro atoms. The van der Waals surface area contributed by atoms with Gasteiger partial charge in [0.05, 0.1) is 20.7 Å². The maximum atomic E-state index is 12.0. The Morgan fingerprint density at radius 1 is 1.24 bits per heavy atom. The molecule has 0 fully saturated rings. The topological polar surface area (TPSA) is 63.3 Å². The highest BCUT2D eigenvalue weighted by molar-refractivity contribution is 7.85. The zero-order valence-electron chi connectivity index (χ0n) is 9.69. The van der Waals surface area contributed by atoms with Crippen molar-refractivity contribution in [1.29, 1.82) is 0 Å². The van der Waals surface area contributed by atoms with E-state index in [0.717, 1.165) is 25.7 Å². The number of aliphatic hydroxyl groups is 1. The first-order chi connectivity index (χ1) is 8.16. The lowest BCUT2D eigenvalue weighted by atomic mass is 10.2. The van der Waals surface area contributed by atoms with Crippen LogP contribution in [0.3, 0.4) is 0 Å². The Morgan fingerprint density at radius 3 is 2.59 bits per heavy atom. The summed E-state index contributed by atoms with van der Waals surface area (Å²) >= 11 is 5.98. The zero-order valence-corrected chi connectivity index (χ0v) is 11.3. The number of halogens is 1. The Hall–Kier alpha value is -0.580. The van der Waals surface area contributed by atoms with Gasteiger partial charge in [-0.15, -0.1) is 0 Å². The average Bonchev–Trinajstić information content (AvgIpc) is 2.28. The molecule has 0 aliphatic rings. The van der Waals surface area contributed by atoms with Gasteiger partial charge in [0.1, 0.15) is 0 Å². The van der Waals surface area contributed by atoms with Crippen molar-refractivity contribution in [2.45, 2.75) is 30.6 Å². The SMILES string of the molecule is Nc1cccc(Cl)c1S(=O)CCCCCCO. The van der Waals surface area contributed by atoms with Crippen molar-refractivity contribution in [2.24, 2.45) is 0 Å². The van der Waals surface area contributed by atoms with Crippen LogP contribution >= 0.6 is 11.6 Å². The average molecular weight is 276 g/mol. The number of aliphatic hydroxyl groups excluding tert-OH is 1. The predicted octanol–water partition coefficient (Wildman–Crippen LogP) is 2.58. The molecule has 1 rings (SSSR count). The Labute approximate surface area is 109 Å². The number of anilines is 1. The largest absolute Gasteiger partial charge is 0.398 e. The zero-order chi connectivity index (χ0) is 12.7. The van der Waals surface area contributed by atoms with Crippen molar-refractivity contribution >= 4 is 28.1 Å². The number of rotatable bonds is 7. The fourth-order valence-electron chi connectivity index (χ4n) is 1.57. The third-order valence-corrected chi connectivity index (χ3v) is 4.46. The van der Waals surface area contributed by atoms with Crippen molar-refractivity contribution < 1.29 is 9.32 Å². The fourth-order valence-corrected chi connectivity index (χ4v) is 3.29. The van der Waals surface area contributed by atoms with Crippen LogP contribution in [0.15, 0.2) is 23.1 Å². The molecule has 0 aliphatic heterocycles. The molecule has 0 radical (unpaired) electrons. The van der Waals surface area contributed by atoms with Crippen molar-refractivity contribution in [3.8, 4) is 0 Å². The Morgan fingerprint density at radius 2 is 1.94 bits per heavy atom. The molecule has 1 atom stereocenters. The maximum Gasteiger partial charge on any atom is 0.0803 e. The number of hydrogen-bond acceptors (Lipinski definition) is 3. The summed E-state index contributed by atoms with van der Waals surface area (Å²) in [5.74, 6) is 0.569. The molecule has 3 N–H and O–H groups in total. The van der Waals surface area contributed by atoms with Crippen LogP contribution in [0.1, 0.15) is 25.7 Å². The first-order valence-corrected chi connectivity index (χ1v) is 7.39. The first kappa shape index (κ1) is 14.5. The van der Waals surface area contributed by atoms with E-state index in [1.54, 1.807) is 18.2 Å². The molecule has 0 heterocycles. The van der Waals surface area contributed by atoms with E-state index in [2.05, 4.69) is 0 Å². The van der Waals surface area contributed by atoms with Gasteiger partial charge in [-0.1, -0.05) is 30.5 Å². The van der Waals surface area contributed by atoms with Crippen LogP contribution < -0.4 is 5.73 Å². The molecule has 3 nitrogen and oxygen atoms in total. The lowest BCUT2D eigenvalue weighted by Gasteiger charge is -2.07. The minimum atomic E-state index is -1.13. The summed E-state index contributed by atoms with van der Waals surface area (Å²) in [6.07, 6.45) is 3.60. The Bertz CT molecular complexity index is 365. The molecule has 17 heavy (non-hydrogen) atoms. The third-order valence-electron chi connectivity index (χ3n) is 2.46. The second kappa shape index (κ2) is 7.69. The fraction of sp³-hybridized carbons (Fsp3) is 0.500. The molecule has 0 saturated heterocycles. The molecule has 0 amide bonds. The molecule has 1 aromatic rings. The van der Waals surface area contributed by atoms with Crippen molar-refractivity contribution in [3.05, 3.63) is 23.2 Å². The van der Waals surface area contributed by atoms with Crippen LogP contribution in [0.2, 0.25) is 5.02 Å². The van der Waals surface area contributed by atoms with Gasteiger partial charge in [-0.25, -0.2) is 0 Å².